The third-order valence-corrected chi connectivity index (χ3v) is 8.00. The summed E-state index contributed by atoms with van der Waals surface area (Å²) in [4.78, 5) is 40.7. The van der Waals surface area contributed by atoms with Crippen molar-refractivity contribution in [3.05, 3.63) is 23.3 Å². The number of unbranched alkanes of at least 4 members (excludes halogenated alkanes) is 2. The molecule has 0 aromatic heterocycles. The van der Waals surface area contributed by atoms with Gasteiger partial charge in [0.1, 0.15) is 0 Å². The van der Waals surface area contributed by atoms with Gasteiger partial charge in [-0.3, -0.25) is 0 Å². The summed E-state index contributed by atoms with van der Waals surface area (Å²) in [6, 6.07) is 0. The molecule has 6 radical (unpaired) electrons. The minimum Gasteiger partial charge on any atom is -0.545 e. The summed E-state index contributed by atoms with van der Waals surface area (Å²) < 4.78 is 13.0. The van der Waals surface area contributed by atoms with E-state index in [1.54, 1.807) is 22.7 Å². The minimum atomic E-state index is -1.55. The first-order valence-electron chi connectivity index (χ1n) is 11.7. The summed E-state index contributed by atoms with van der Waals surface area (Å²) in [5.41, 5.74) is -0.651. The van der Waals surface area contributed by atoms with Gasteiger partial charge in [0.2, 0.25) is 0 Å². The van der Waals surface area contributed by atoms with E-state index < -0.39 is 23.9 Å². The molecule has 198 valence electrons. The zero-order chi connectivity index (χ0) is 27.5. The van der Waals surface area contributed by atoms with Gasteiger partial charge in [0.25, 0.3) is 0 Å². The summed E-state index contributed by atoms with van der Waals surface area (Å²) in [6.07, 6.45) is 6.86. The monoisotopic (exact) mass is 606 g/mol. The average molecular weight is 605 g/mol. The Hall–Kier alpha value is -1.92. The van der Waals surface area contributed by atoms with E-state index in [0.717, 1.165) is 0 Å². The maximum atomic E-state index is 10.3. The van der Waals surface area contributed by atoms with Crippen LogP contribution < -0.4 is 20.4 Å². The van der Waals surface area contributed by atoms with E-state index in [2.05, 4.69) is 13.8 Å². The largest absolute Gasteiger partial charge is 0.545 e. The minimum absolute atomic E-state index is 0.00412. The van der Waals surface area contributed by atoms with Crippen molar-refractivity contribution >= 4 is 45.0 Å². The maximum absolute atomic E-state index is 10.3. The van der Waals surface area contributed by atoms with E-state index in [1.807, 2.05) is 0 Å². The molecule has 10 nitrogen and oxygen atoms in total. The molecule has 0 aromatic carbocycles. The number of carboxylic acids is 4. The van der Waals surface area contributed by atoms with Gasteiger partial charge in [-0.2, -0.15) is 0 Å². The number of carbonyl (C=O) groups is 4. The normalized spacial score (nSPS) is 11.0. The van der Waals surface area contributed by atoms with Crippen LogP contribution in [0.4, 0.5) is 0 Å². The average Bonchev–Trinajstić information content (AvgIpc) is 2.78. The molecule has 35 heavy (non-hydrogen) atoms. The van der Waals surface area contributed by atoms with Gasteiger partial charge in [-0.15, -0.1) is 0 Å². The van der Waals surface area contributed by atoms with Gasteiger partial charge in [0.05, 0.1) is 37.1 Å². The second kappa shape index (κ2) is 28.3. The van der Waals surface area contributed by atoms with Crippen LogP contribution in [0.15, 0.2) is 23.3 Å². The van der Waals surface area contributed by atoms with Gasteiger partial charge in [-0.1, -0.05) is 0 Å². The molecular formula is C24H38O10Sn. The molecule has 0 aromatic rings. The van der Waals surface area contributed by atoms with Crippen LogP contribution in [0.1, 0.15) is 66.2 Å². The Morgan fingerprint density at radius 3 is 1.23 bits per heavy atom. The van der Waals surface area contributed by atoms with Crippen molar-refractivity contribution in [2.75, 3.05) is 26.4 Å². The van der Waals surface area contributed by atoms with E-state index in [-0.39, 0.29) is 58.3 Å². The molecular weight excluding hydrogens is 567 g/mol. The number of rotatable bonds is 18. The SMILES string of the molecule is CCC[CH2][Sn+4][CH2]CCC.CCOCC/C(=C/C(=O)[O-])C(=O)[O-].CCOCC/C(=C/C(=O)[O-])C(=O)[O-]. The Morgan fingerprint density at radius 2 is 1.00 bits per heavy atom. The number of aliphatic carboxylic acids is 4. The van der Waals surface area contributed by atoms with Crippen molar-refractivity contribution in [1.29, 1.82) is 0 Å². The fourth-order valence-corrected chi connectivity index (χ4v) is 6.29. The second-order valence-corrected chi connectivity index (χ2v) is 11.2. The van der Waals surface area contributed by atoms with Crippen molar-refractivity contribution < 1.29 is 49.1 Å². The molecule has 0 saturated carbocycles. The van der Waals surface area contributed by atoms with E-state index >= 15 is 0 Å². The number of carboxylic acid groups (broad SMARTS) is 4. The molecule has 0 atom stereocenters. The standard InChI is InChI=1S/2C8H12O5.2C4H9.Sn/c2*1-2-13-4-3-6(8(11)12)5-7(9)10;2*1-3-4-2;/h2*5H,2-4H2,1H3,(H,9,10)(H,11,12);2*1,3-4H2,2H3;/q;;;;+4/p-4/b2*6-5-;;;. The van der Waals surface area contributed by atoms with Gasteiger partial charge >= 0.3 is 69.5 Å². The molecule has 0 N–H and O–H groups in total. The fraction of sp³-hybridized carbons (Fsp3) is 0.667. The Balaban J connectivity index is -0.000000448. The molecule has 0 saturated heterocycles. The number of hydrogen-bond donors (Lipinski definition) is 0. The molecule has 0 unspecified atom stereocenters. The molecule has 0 amide bonds. The molecule has 0 aliphatic rings. The quantitative estimate of drug-likeness (QED) is 0.105. The van der Waals surface area contributed by atoms with Crippen LogP contribution in [0.3, 0.4) is 0 Å². The zero-order valence-electron chi connectivity index (χ0n) is 21.2. The molecule has 0 aliphatic carbocycles. The van der Waals surface area contributed by atoms with Crippen LogP contribution in [-0.4, -0.2) is 71.4 Å². The van der Waals surface area contributed by atoms with Gasteiger partial charge in [0, 0.05) is 13.2 Å². The number of carbonyl (C=O) groups excluding carboxylic acids is 4. The summed E-state index contributed by atoms with van der Waals surface area (Å²) in [5.74, 6) is -6.11. The summed E-state index contributed by atoms with van der Waals surface area (Å²) in [5, 5.41) is 40.7. The van der Waals surface area contributed by atoms with Crippen LogP contribution >= 0.6 is 0 Å². The summed E-state index contributed by atoms with van der Waals surface area (Å²) in [6.45, 7) is 9.30. The Bertz CT molecular complexity index is 590. The van der Waals surface area contributed by atoms with E-state index in [9.17, 15) is 39.6 Å². The Morgan fingerprint density at radius 1 is 0.657 bits per heavy atom. The van der Waals surface area contributed by atoms with Crippen LogP contribution in [0.5, 0.6) is 0 Å². The molecule has 0 fully saturated rings. The third-order valence-electron chi connectivity index (χ3n) is 3.96. The van der Waals surface area contributed by atoms with Crippen molar-refractivity contribution in [1.82, 2.24) is 0 Å². The van der Waals surface area contributed by atoms with Crippen LogP contribution in [-0.2, 0) is 28.7 Å². The first-order valence-corrected chi connectivity index (χ1v) is 15.7. The predicted molar refractivity (Wildman–Crippen MR) is 124 cm³/mol. The van der Waals surface area contributed by atoms with Crippen molar-refractivity contribution in [3.8, 4) is 0 Å². The van der Waals surface area contributed by atoms with Crippen molar-refractivity contribution in [2.45, 2.75) is 75.1 Å². The molecule has 0 heterocycles. The summed E-state index contributed by atoms with van der Waals surface area (Å²) in [7, 11) is 0. The van der Waals surface area contributed by atoms with Gasteiger partial charge in [-0.05, 0) is 50.0 Å². The Labute approximate surface area is 218 Å². The number of hydrogen-bond acceptors (Lipinski definition) is 10. The smallest absolute Gasteiger partial charge is 0.0676 e. The van der Waals surface area contributed by atoms with Crippen molar-refractivity contribution in [2.24, 2.45) is 0 Å². The van der Waals surface area contributed by atoms with E-state index in [4.69, 9.17) is 9.47 Å². The van der Waals surface area contributed by atoms with Crippen LogP contribution in [0.2, 0.25) is 8.87 Å². The van der Waals surface area contributed by atoms with Crippen molar-refractivity contribution in [3.63, 3.8) is 0 Å². The predicted octanol–water partition coefficient (Wildman–Crippen LogP) is -1.19. The maximum Gasteiger partial charge on any atom is 0.0676 e. The van der Waals surface area contributed by atoms with Gasteiger partial charge < -0.3 is 49.1 Å². The fourth-order valence-electron chi connectivity index (χ4n) is 2.13. The topological polar surface area (TPSA) is 179 Å². The molecule has 0 rings (SSSR count). The van der Waals surface area contributed by atoms with E-state index in [1.165, 1.54) is 25.7 Å². The Kier molecular flexibility index (Phi) is 30.4. The molecule has 11 heteroatoms. The molecule has 0 bridgehead atoms. The van der Waals surface area contributed by atoms with Gasteiger partial charge in [-0.25, -0.2) is 0 Å². The molecule has 0 aliphatic heterocycles. The first kappa shape index (κ1) is 37.6. The first-order chi connectivity index (χ1) is 16.6. The summed E-state index contributed by atoms with van der Waals surface area (Å²) >= 11 is 0.149. The van der Waals surface area contributed by atoms with Gasteiger partial charge in [0.15, 0.2) is 0 Å². The zero-order valence-corrected chi connectivity index (χ0v) is 24.1. The van der Waals surface area contributed by atoms with E-state index in [0.29, 0.717) is 25.4 Å². The molecule has 0 spiro atoms. The van der Waals surface area contributed by atoms with Crippen LogP contribution in [0.25, 0.3) is 0 Å². The second-order valence-electron chi connectivity index (χ2n) is 6.90. The van der Waals surface area contributed by atoms with Crippen LogP contribution in [0, 0.1) is 0 Å². The third kappa shape index (κ3) is 32.1. The number of ether oxygens (including phenoxy) is 2.